The average Bonchev–Trinajstić information content (AvgIpc) is 3.56. The minimum absolute atomic E-state index is 0.140. The SMILES string of the molecule is COc1ccc(-c2nc(C(=O)NC[C@H](c3cccs3)N3CCCC3)cs2)cc1OC. The number of thiazole rings is 1. The Morgan fingerprint density at radius 1 is 1.17 bits per heavy atom. The van der Waals surface area contributed by atoms with Crippen LogP contribution in [0.25, 0.3) is 10.6 Å². The molecule has 30 heavy (non-hydrogen) atoms. The molecule has 1 aliphatic rings. The Morgan fingerprint density at radius 3 is 2.67 bits per heavy atom. The second kappa shape index (κ2) is 9.59. The van der Waals surface area contributed by atoms with Gasteiger partial charge < -0.3 is 14.8 Å². The first-order chi connectivity index (χ1) is 14.7. The summed E-state index contributed by atoms with van der Waals surface area (Å²) in [5, 5.41) is 7.77. The zero-order valence-electron chi connectivity index (χ0n) is 17.1. The molecule has 1 fully saturated rings. The van der Waals surface area contributed by atoms with Crippen molar-refractivity contribution in [2.75, 3.05) is 33.9 Å². The standard InChI is InChI=1S/C22H25N3O3S2/c1-27-18-8-7-15(12-19(18)28-2)22-24-16(14-30-22)21(26)23-13-17(20-6-5-11-29-20)25-9-3-4-10-25/h5-8,11-12,14,17H,3-4,9-10,13H2,1-2H3,(H,23,26)/t17-/m1/s1. The molecule has 0 saturated carbocycles. The number of aromatic nitrogens is 1. The number of hydrogen-bond acceptors (Lipinski definition) is 7. The molecule has 8 heteroatoms. The summed E-state index contributed by atoms with van der Waals surface area (Å²) >= 11 is 3.19. The zero-order valence-corrected chi connectivity index (χ0v) is 18.7. The van der Waals surface area contributed by atoms with Gasteiger partial charge >= 0.3 is 0 Å². The summed E-state index contributed by atoms with van der Waals surface area (Å²) in [6.45, 7) is 2.75. The van der Waals surface area contributed by atoms with Crippen molar-refractivity contribution in [1.29, 1.82) is 0 Å². The lowest BCUT2D eigenvalue weighted by Gasteiger charge is -2.26. The van der Waals surface area contributed by atoms with E-state index in [-0.39, 0.29) is 11.9 Å². The normalized spacial score (nSPS) is 15.1. The number of benzene rings is 1. The summed E-state index contributed by atoms with van der Waals surface area (Å²) in [4.78, 5) is 21.1. The minimum Gasteiger partial charge on any atom is -0.493 e. The van der Waals surface area contributed by atoms with Crippen molar-refractivity contribution in [1.82, 2.24) is 15.2 Å². The molecule has 1 aliphatic heterocycles. The van der Waals surface area contributed by atoms with Crippen molar-refractivity contribution in [2.45, 2.75) is 18.9 Å². The highest BCUT2D eigenvalue weighted by molar-refractivity contribution is 7.13. The minimum atomic E-state index is -0.140. The van der Waals surface area contributed by atoms with Crippen LogP contribution in [0.3, 0.4) is 0 Å². The fourth-order valence-electron chi connectivity index (χ4n) is 3.70. The Morgan fingerprint density at radius 2 is 1.97 bits per heavy atom. The van der Waals surface area contributed by atoms with E-state index < -0.39 is 0 Å². The molecule has 4 rings (SSSR count). The molecule has 1 saturated heterocycles. The highest BCUT2D eigenvalue weighted by atomic mass is 32.1. The average molecular weight is 444 g/mol. The molecule has 6 nitrogen and oxygen atoms in total. The maximum Gasteiger partial charge on any atom is 0.270 e. The van der Waals surface area contributed by atoms with Gasteiger partial charge in [-0.15, -0.1) is 22.7 Å². The molecule has 0 spiro atoms. The van der Waals surface area contributed by atoms with E-state index in [1.165, 1.54) is 29.1 Å². The lowest BCUT2D eigenvalue weighted by molar-refractivity contribution is 0.0934. The van der Waals surface area contributed by atoms with Crippen molar-refractivity contribution < 1.29 is 14.3 Å². The van der Waals surface area contributed by atoms with Crippen LogP contribution >= 0.6 is 22.7 Å². The monoisotopic (exact) mass is 443 g/mol. The Kier molecular flexibility index (Phi) is 6.66. The number of ether oxygens (including phenoxy) is 2. The number of hydrogen-bond donors (Lipinski definition) is 1. The number of likely N-dealkylation sites (tertiary alicyclic amines) is 1. The number of nitrogens with zero attached hydrogens (tertiary/aromatic N) is 2. The van der Waals surface area contributed by atoms with Crippen LogP contribution in [0.1, 0.15) is 34.2 Å². The molecule has 3 heterocycles. The number of rotatable bonds is 8. The van der Waals surface area contributed by atoms with Gasteiger partial charge in [-0.2, -0.15) is 0 Å². The van der Waals surface area contributed by atoms with Crippen LogP contribution in [-0.4, -0.2) is 49.6 Å². The van der Waals surface area contributed by atoms with Gasteiger partial charge in [-0.05, 0) is 55.6 Å². The number of amides is 1. The fraction of sp³-hybridized carbons (Fsp3) is 0.364. The van der Waals surface area contributed by atoms with Gasteiger partial charge in [0, 0.05) is 22.4 Å². The second-order valence-corrected chi connectivity index (χ2v) is 8.93. The van der Waals surface area contributed by atoms with Crippen molar-refractivity contribution in [2.24, 2.45) is 0 Å². The smallest absolute Gasteiger partial charge is 0.270 e. The van der Waals surface area contributed by atoms with E-state index >= 15 is 0 Å². The highest BCUT2D eigenvalue weighted by Crippen LogP contribution is 2.33. The first-order valence-electron chi connectivity index (χ1n) is 9.93. The lowest BCUT2D eigenvalue weighted by atomic mass is 10.2. The molecule has 1 amide bonds. The largest absolute Gasteiger partial charge is 0.493 e. The van der Waals surface area contributed by atoms with Crippen LogP contribution in [0.15, 0.2) is 41.1 Å². The van der Waals surface area contributed by atoms with Gasteiger partial charge in [0.15, 0.2) is 11.5 Å². The van der Waals surface area contributed by atoms with E-state index in [1.807, 2.05) is 18.2 Å². The maximum atomic E-state index is 12.8. The molecular formula is C22H25N3O3S2. The summed E-state index contributed by atoms with van der Waals surface area (Å²) in [5.74, 6) is 1.16. The first-order valence-corrected chi connectivity index (χ1v) is 11.7. The summed E-state index contributed by atoms with van der Waals surface area (Å²) in [5.41, 5.74) is 1.33. The third-order valence-electron chi connectivity index (χ3n) is 5.28. The van der Waals surface area contributed by atoms with Crippen molar-refractivity contribution in [3.05, 3.63) is 51.7 Å². The van der Waals surface area contributed by atoms with Crippen molar-refractivity contribution >= 4 is 28.6 Å². The van der Waals surface area contributed by atoms with Crippen LogP contribution in [0.2, 0.25) is 0 Å². The number of thiophene rings is 1. The van der Waals surface area contributed by atoms with Gasteiger partial charge in [-0.3, -0.25) is 9.69 Å². The van der Waals surface area contributed by atoms with E-state index in [0.717, 1.165) is 23.7 Å². The van der Waals surface area contributed by atoms with Crippen LogP contribution in [0.4, 0.5) is 0 Å². The van der Waals surface area contributed by atoms with E-state index in [2.05, 4.69) is 32.7 Å². The van der Waals surface area contributed by atoms with E-state index in [9.17, 15) is 4.79 Å². The Bertz CT molecular complexity index is 981. The van der Waals surface area contributed by atoms with Crippen LogP contribution < -0.4 is 14.8 Å². The van der Waals surface area contributed by atoms with Crippen molar-refractivity contribution in [3.8, 4) is 22.1 Å². The summed E-state index contributed by atoms with van der Waals surface area (Å²) in [6, 6.07) is 10.1. The summed E-state index contributed by atoms with van der Waals surface area (Å²) < 4.78 is 10.7. The van der Waals surface area contributed by atoms with Gasteiger partial charge in [0.25, 0.3) is 5.91 Å². The third kappa shape index (κ3) is 4.50. The maximum absolute atomic E-state index is 12.8. The molecule has 1 atom stereocenters. The predicted octanol–water partition coefficient (Wildman–Crippen LogP) is 4.46. The van der Waals surface area contributed by atoms with Crippen molar-refractivity contribution in [3.63, 3.8) is 0 Å². The van der Waals surface area contributed by atoms with Gasteiger partial charge in [-0.25, -0.2) is 4.98 Å². The highest BCUT2D eigenvalue weighted by Gasteiger charge is 2.25. The number of carbonyl (C=O) groups excluding carboxylic acids is 1. The van der Waals surface area contributed by atoms with E-state index in [4.69, 9.17) is 9.47 Å². The van der Waals surface area contributed by atoms with Gasteiger partial charge in [-0.1, -0.05) is 6.07 Å². The molecule has 158 valence electrons. The quantitative estimate of drug-likeness (QED) is 0.557. The first kappa shape index (κ1) is 20.8. The number of nitrogens with one attached hydrogen (secondary N) is 1. The fourth-order valence-corrected chi connectivity index (χ4v) is 5.36. The molecule has 3 aromatic rings. The predicted molar refractivity (Wildman–Crippen MR) is 121 cm³/mol. The van der Waals surface area contributed by atoms with E-state index in [1.54, 1.807) is 30.9 Å². The third-order valence-corrected chi connectivity index (χ3v) is 7.14. The molecule has 1 aromatic carbocycles. The lowest BCUT2D eigenvalue weighted by Crippen LogP contribution is -2.36. The molecule has 0 bridgehead atoms. The molecular weight excluding hydrogens is 418 g/mol. The number of methoxy groups -OCH3 is 2. The van der Waals surface area contributed by atoms with Gasteiger partial charge in [0.2, 0.25) is 0 Å². The molecule has 0 aliphatic carbocycles. The molecule has 0 radical (unpaired) electrons. The summed E-state index contributed by atoms with van der Waals surface area (Å²) in [6.07, 6.45) is 2.44. The number of carbonyl (C=O) groups is 1. The Labute approximate surface area is 184 Å². The van der Waals surface area contributed by atoms with E-state index in [0.29, 0.717) is 23.7 Å². The summed E-state index contributed by atoms with van der Waals surface area (Å²) in [7, 11) is 3.21. The molecule has 1 N–H and O–H groups in total. The van der Waals surface area contributed by atoms with Crippen LogP contribution in [0.5, 0.6) is 11.5 Å². The van der Waals surface area contributed by atoms with Crippen LogP contribution in [-0.2, 0) is 0 Å². The Hall–Kier alpha value is -2.42. The van der Waals surface area contributed by atoms with Crippen LogP contribution in [0, 0.1) is 0 Å². The topological polar surface area (TPSA) is 63.7 Å². The second-order valence-electron chi connectivity index (χ2n) is 7.09. The Balaban J connectivity index is 1.45. The zero-order chi connectivity index (χ0) is 20.9. The van der Waals surface area contributed by atoms with Gasteiger partial charge in [0.05, 0.1) is 20.3 Å². The molecule has 0 unspecified atom stereocenters. The molecule has 2 aromatic heterocycles. The van der Waals surface area contributed by atoms with Gasteiger partial charge in [0.1, 0.15) is 10.7 Å².